The Labute approximate surface area is 248 Å². The maximum absolute atomic E-state index is 13.3. The number of fused-ring (bicyclic) bond motifs is 2. The summed E-state index contributed by atoms with van der Waals surface area (Å²) in [5.41, 5.74) is 4.34. The van der Waals surface area contributed by atoms with Crippen molar-refractivity contribution in [1.82, 2.24) is 19.4 Å². The minimum absolute atomic E-state index is 0.119. The number of halogens is 1. The van der Waals surface area contributed by atoms with E-state index in [1.165, 1.54) is 32.6 Å². The fraction of sp³-hybridized carbons (Fsp3) is 0.452. The van der Waals surface area contributed by atoms with Gasteiger partial charge in [-0.1, -0.05) is 32.4 Å². The van der Waals surface area contributed by atoms with E-state index in [1.807, 2.05) is 39.1 Å². The zero-order chi connectivity index (χ0) is 28.9. The van der Waals surface area contributed by atoms with E-state index in [2.05, 4.69) is 27.3 Å². The number of pyridine rings is 1. The number of nitrogens with one attached hydrogen (secondary N) is 1. The Morgan fingerprint density at radius 2 is 2.02 bits per heavy atom. The van der Waals surface area contributed by atoms with Crippen LogP contribution in [0.15, 0.2) is 52.3 Å². The second-order valence-corrected chi connectivity index (χ2v) is 13.8. The molecule has 1 aromatic carbocycles. The first kappa shape index (κ1) is 28.2. The highest BCUT2D eigenvalue weighted by atomic mass is 35.5. The Bertz CT molecular complexity index is 1710. The number of rotatable bonds is 6. The first-order valence-electron chi connectivity index (χ1n) is 14.3. The maximum Gasteiger partial charge on any atom is 0.331 e. The first-order chi connectivity index (χ1) is 19.6. The van der Waals surface area contributed by atoms with Crippen molar-refractivity contribution < 1.29 is 5.11 Å². The minimum Gasteiger partial charge on any atom is -0.391 e. The van der Waals surface area contributed by atoms with Gasteiger partial charge >= 0.3 is 5.69 Å². The molecule has 8 nitrogen and oxygen atoms in total. The van der Waals surface area contributed by atoms with Crippen molar-refractivity contribution >= 4 is 38.8 Å². The third-order valence-electron chi connectivity index (χ3n) is 8.34. The molecule has 0 aliphatic carbocycles. The number of aliphatic hydroxyl groups excluding tert-OH is 1. The summed E-state index contributed by atoms with van der Waals surface area (Å²) < 4.78 is 3.66. The summed E-state index contributed by atoms with van der Waals surface area (Å²) in [4.78, 5) is 34.2. The third kappa shape index (κ3) is 5.48. The number of hydrogen-bond donors (Lipinski definition) is 2. The van der Waals surface area contributed by atoms with Crippen LogP contribution >= 0.6 is 22.9 Å². The van der Waals surface area contributed by atoms with Gasteiger partial charge in [0.05, 0.1) is 29.4 Å². The lowest BCUT2D eigenvalue weighted by atomic mass is 9.89. The molecule has 2 atom stereocenters. The van der Waals surface area contributed by atoms with E-state index in [0.717, 1.165) is 70.1 Å². The SMILES string of the molecule is CC(C)(C)C(O)Cn1ccc(=O)n(Cc2cc3nccc(-c4cc(Cl)cc5c4N([C@H]4CCNC4)CCC5)c3s2)c1=O. The van der Waals surface area contributed by atoms with Gasteiger partial charge in [0.1, 0.15) is 0 Å². The van der Waals surface area contributed by atoms with Crippen molar-refractivity contribution in [3.05, 3.63) is 79.0 Å². The summed E-state index contributed by atoms with van der Waals surface area (Å²) in [6.45, 7) is 9.04. The number of thiophene rings is 1. The largest absolute Gasteiger partial charge is 0.391 e. The molecule has 0 amide bonds. The Kier molecular flexibility index (Phi) is 7.57. The van der Waals surface area contributed by atoms with E-state index < -0.39 is 17.2 Å². The molecule has 2 aliphatic rings. The molecule has 0 bridgehead atoms. The molecule has 3 aromatic heterocycles. The fourth-order valence-corrected chi connectivity index (χ4v) is 7.32. The van der Waals surface area contributed by atoms with Crippen LogP contribution in [0.3, 0.4) is 0 Å². The zero-order valence-electron chi connectivity index (χ0n) is 23.7. The lowest BCUT2D eigenvalue weighted by Gasteiger charge is -2.38. The lowest BCUT2D eigenvalue weighted by Crippen LogP contribution is -2.42. The molecule has 1 unspecified atom stereocenters. The molecule has 0 saturated carbocycles. The highest BCUT2D eigenvalue weighted by molar-refractivity contribution is 7.19. The van der Waals surface area contributed by atoms with Gasteiger partial charge in [-0.05, 0) is 61.1 Å². The van der Waals surface area contributed by atoms with E-state index in [0.29, 0.717) is 6.04 Å². The minimum atomic E-state index is -0.731. The van der Waals surface area contributed by atoms with Crippen molar-refractivity contribution in [2.45, 2.75) is 65.3 Å². The van der Waals surface area contributed by atoms with Gasteiger partial charge in [-0.15, -0.1) is 11.3 Å². The summed E-state index contributed by atoms with van der Waals surface area (Å²) in [5, 5.41) is 14.8. The summed E-state index contributed by atoms with van der Waals surface area (Å²) in [7, 11) is 0. The molecule has 5 heterocycles. The van der Waals surface area contributed by atoms with Gasteiger partial charge in [0.25, 0.3) is 5.56 Å². The van der Waals surface area contributed by atoms with Crippen molar-refractivity contribution in [1.29, 1.82) is 0 Å². The number of nitrogens with zero attached hydrogens (tertiary/aromatic N) is 4. The zero-order valence-corrected chi connectivity index (χ0v) is 25.3. The molecular weight excluding hydrogens is 558 g/mol. The molecule has 10 heteroatoms. The van der Waals surface area contributed by atoms with E-state index in [1.54, 1.807) is 11.3 Å². The number of aromatic nitrogens is 3. The van der Waals surface area contributed by atoms with E-state index >= 15 is 0 Å². The topological polar surface area (TPSA) is 92.4 Å². The standard InChI is InChI=1S/C31H36ClN5O3S/c1-31(2,3)26(38)18-35-12-8-27(39)37(30(35)40)17-22-15-25-29(41-22)23(7-10-34-25)24-14-20(32)13-19-5-4-11-36(28(19)24)21-6-9-33-16-21/h7-8,10,12-15,21,26,33,38H,4-6,9,11,16-18H2,1-3H3/t21-,26?/m0/s1. The van der Waals surface area contributed by atoms with Crippen molar-refractivity contribution in [3.8, 4) is 11.1 Å². The molecule has 0 spiro atoms. The van der Waals surface area contributed by atoms with Gasteiger partial charge in [0.2, 0.25) is 0 Å². The average molecular weight is 594 g/mol. The fourth-order valence-electron chi connectivity index (χ4n) is 5.95. The second kappa shape index (κ2) is 11.0. The Morgan fingerprint density at radius 1 is 1.20 bits per heavy atom. The molecule has 216 valence electrons. The van der Waals surface area contributed by atoms with Crippen LogP contribution in [-0.2, 0) is 19.5 Å². The maximum atomic E-state index is 13.3. The Hall–Kier alpha value is -2.98. The summed E-state index contributed by atoms with van der Waals surface area (Å²) >= 11 is 8.23. The number of aryl methyl sites for hydroxylation is 1. The summed E-state index contributed by atoms with van der Waals surface area (Å²) in [6.07, 6.45) is 5.78. The van der Waals surface area contributed by atoms with Crippen LogP contribution < -0.4 is 21.5 Å². The average Bonchev–Trinajstić information content (AvgIpc) is 3.61. The van der Waals surface area contributed by atoms with Crippen molar-refractivity contribution in [2.75, 3.05) is 24.5 Å². The highest BCUT2D eigenvalue weighted by Gasteiger charge is 2.30. The number of hydrogen-bond acceptors (Lipinski definition) is 7. The molecule has 2 aliphatic heterocycles. The molecule has 6 rings (SSSR count). The predicted octanol–water partition coefficient (Wildman–Crippen LogP) is 4.51. The summed E-state index contributed by atoms with van der Waals surface area (Å²) in [5.74, 6) is 0. The van der Waals surface area contributed by atoms with Crippen LogP contribution in [0.25, 0.3) is 21.3 Å². The molecule has 1 saturated heterocycles. The van der Waals surface area contributed by atoms with Crippen LogP contribution in [0.2, 0.25) is 5.02 Å². The quantitative estimate of drug-likeness (QED) is 0.342. The van der Waals surface area contributed by atoms with Gasteiger partial charge in [0.15, 0.2) is 0 Å². The van der Waals surface area contributed by atoms with Crippen LogP contribution in [0, 0.1) is 5.41 Å². The second-order valence-electron chi connectivity index (χ2n) is 12.2. The smallest absolute Gasteiger partial charge is 0.331 e. The number of anilines is 1. The van der Waals surface area contributed by atoms with Crippen LogP contribution in [0.4, 0.5) is 5.69 Å². The van der Waals surface area contributed by atoms with Gasteiger partial charge in [0, 0.05) is 64.3 Å². The van der Waals surface area contributed by atoms with Crippen LogP contribution in [-0.4, -0.2) is 51.0 Å². The van der Waals surface area contributed by atoms with Crippen molar-refractivity contribution in [3.63, 3.8) is 0 Å². The summed E-state index contributed by atoms with van der Waals surface area (Å²) in [6, 6.07) is 10.0. The van der Waals surface area contributed by atoms with Gasteiger partial charge < -0.3 is 15.3 Å². The van der Waals surface area contributed by atoms with Gasteiger partial charge in [-0.25, -0.2) is 4.79 Å². The first-order valence-corrected chi connectivity index (χ1v) is 15.5. The monoisotopic (exact) mass is 593 g/mol. The normalized spacial score (nSPS) is 18.2. The van der Waals surface area contributed by atoms with E-state index in [9.17, 15) is 14.7 Å². The third-order valence-corrected chi connectivity index (χ3v) is 9.70. The van der Waals surface area contributed by atoms with Crippen molar-refractivity contribution in [2.24, 2.45) is 5.41 Å². The predicted molar refractivity (Wildman–Crippen MR) is 167 cm³/mol. The molecule has 41 heavy (non-hydrogen) atoms. The Balaban J connectivity index is 1.40. The van der Waals surface area contributed by atoms with Crippen LogP contribution in [0.5, 0.6) is 0 Å². The Morgan fingerprint density at radius 3 is 2.78 bits per heavy atom. The number of aliphatic hydroxyl groups is 1. The van der Waals surface area contributed by atoms with Gasteiger partial charge in [-0.3, -0.25) is 18.9 Å². The van der Waals surface area contributed by atoms with E-state index in [-0.39, 0.29) is 18.6 Å². The number of benzene rings is 1. The molecule has 4 aromatic rings. The lowest BCUT2D eigenvalue weighted by molar-refractivity contribution is 0.0465. The molecule has 0 radical (unpaired) electrons. The van der Waals surface area contributed by atoms with Gasteiger partial charge in [-0.2, -0.15) is 0 Å². The molecule has 2 N–H and O–H groups in total. The highest BCUT2D eigenvalue weighted by Crippen LogP contribution is 2.44. The van der Waals surface area contributed by atoms with E-state index in [4.69, 9.17) is 11.6 Å². The molecular formula is C31H36ClN5O3S. The molecule has 1 fully saturated rings. The van der Waals surface area contributed by atoms with Crippen LogP contribution in [0.1, 0.15) is 44.1 Å².